The number of nitrogens with zero attached hydrogens (tertiary/aromatic N) is 1. The molecular formula is C15H20F3NO5S. The predicted molar refractivity (Wildman–Crippen MR) is 83.2 cm³/mol. The molecular weight excluding hydrogens is 363 g/mol. The summed E-state index contributed by atoms with van der Waals surface area (Å²) in [4.78, 5) is 0. The van der Waals surface area contributed by atoms with Crippen LogP contribution >= 0.6 is 0 Å². The summed E-state index contributed by atoms with van der Waals surface area (Å²) in [5, 5.41) is 0. The van der Waals surface area contributed by atoms with Crippen molar-refractivity contribution in [2.45, 2.75) is 24.3 Å². The Labute approximate surface area is 144 Å². The summed E-state index contributed by atoms with van der Waals surface area (Å²) in [6, 6.07) is 7.12. The Kier molecular flexibility index (Phi) is 6.44. The third-order valence-electron chi connectivity index (χ3n) is 4.01. The van der Waals surface area contributed by atoms with E-state index in [2.05, 4.69) is 0 Å². The number of sulfonamides is 1. The molecule has 0 aliphatic carbocycles. The van der Waals surface area contributed by atoms with Gasteiger partial charge in [0, 0.05) is 26.7 Å². The fourth-order valence-corrected chi connectivity index (χ4v) is 3.68. The van der Waals surface area contributed by atoms with Gasteiger partial charge in [-0.25, -0.2) is 8.42 Å². The molecule has 0 spiro atoms. The summed E-state index contributed by atoms with van der Waals surface area (Å²) in [6.45, 7) is -0.488. The lowest BCUT2D eigenvalue weighted by Gasteiger charge is -2.32. The van der Waals surface area contributed by atoms with Gasteiger partial charge in [0.05, 0.1) is 19.8 Å². The zero-order chi connectivity index (χ0) is 18.7. The first-order valence-electron chi connectivity index (χ1n) is 7.48. The number of methoxy groups -OCH3 is 2. The number of hydrogen-bond donors (Lipinski definition) is 0. The van der Waals surface area contributed by atoms with Crippen LogP contribution in [-0.4, -0.2) is 58.4 Å². The third-order valence-corrected chi connectivity index (χ3v) is 5.57. The maximum absolute atomic E-state index is 13.0. The van der Waals surface area contributed by atoms with Gasteiger partial charge in [-0.05, 0) is 11.1 Å². The van der Waals surface area contributed by atoms with E-state index in [9.17, 15) is 21.6 Å². The second-order valence-corrected chi connectivity index (χ2v) is 7.51. The van der Waals surface area contributed by atoms with Crippen molar-refractivity contribution in [2.24, 2.45) is 0 Å². The highest BCUT2D eigenvalue weighted by atomic mass is 32.2. The fourth-order valence-electron chi connectivity index (χ4n) is 2.69. The van der Waals surface area contributed by atoms with E-state index in [0.29, 0.717) is 10.9 Å². The van der Waals surface area contributed by atoms with Crippen LogP contribution in [0.3, 0.4) is 0 Å². The van der Waals surface area contributed by atoms with Crippen LogP contribution in [0.2, 0.25) is 0 Å². The minimum absolute atomic E-state index is 0.130. The molecule has 1 atom stereocenters. The molecule has 1 unspecified atom stereocenters. The van der Waals surface area contributed by atoms with Crippen LogP contribution in [-0.2, 0) is 30.8 Å². The van der Waals surface area contributed by atoms with Crippen LogP contribution in [0.15, 0.2) is 24.3 Å². The Hall–Kier alpha value is -1.20. The highest BCUT2D eigenvalue weighted by Gasteiger charge is 2.51. The quantitative estimate of drug-likeness (QED) is 0.675. The Morgan fingerprint density at radius 3 is 2.52 bits per heavy atom. The number of halogens is 3. The second kappa shape index (κ2) is 8.00. The van der Waals surface area contributed by atoms with Gasteiger partial charge in [0.2, 0.25) is 0 Å². The van der Waals surface area contributed by atoms with Crippen LogP contribution in [0.1, 0.15) is 17.0 Å². The maximum Gasteiger partial charge on any atom is 0.511 e. The van der Waals surface area contributed by atoms with Crippen molar-refractivity contribution in [2.75, 3.05) is 33.9 Å². The fraction of sp³-hybridized carbons (Fsp3) is 0.600. The molecule has 6 nitrogen and oxygen atoms in total. The van der Waals surface area contributed by atoms with Crippen molar-refractivity contribution in [1.29, 1.82) is 0 Å². The summed E-state index contributed by atoms with van der Waals surface area (Å²) in [6.07, 6.45) is -1.11. The number of ether oxygens (including phenoxy) is 3. The van der Waals surface area contributed by atoms with Gasteiger partial charge in [0.1, 0.15) is 0 Å². The molecule has 2 rings (SSSR count). The van der Waals surface area contributed by atoms with Crippen LogP contribution in [0.5, 0.6) is 0 Å². The predicted octanol–water partition coefficient (Wildman–Crippen LogP) is 2.07. The maximum atomic E-state index is 13.0. The summed E-state index contributed by atoms with van der Waals surface area (Å²) in [7, 11) is -3.08. The molecule has 0 bridgehead atoms. The van der Waals surface area contributed by atoms with Crippen LogP contribution in [0.25, 0.3) is 0 Å². The van der Waals surface area contributed by atoms with E-state index in [1.165, 1.54) is 14.2 Å². The highest BCUT2D eigenvalue weighted by Crippen LogP contribution is 2.32. The van der Waals surface area contributed by atoms with Gasteiger partial charge in [-0.15, -0.1) is 0 Å². The topological polar surface area (TPSA) is 65.1 Å². The Morgan fingerprint density at radius 1 is 1.28 bits per heavy atom. The van der Waals surface area contributed by atoms with E-state index < -0.39 is 34.3 Å². The summed E-state index contributed by atoms with van der Waals surface area (Å²) >= 11 is 0. The summed E-state index contributed by atoms with van der Waals surface area (Å²) in [5.74, 6) is -0.517. The molecule has 0 N–H and O–H groups in total. The molecule has 0 amide bonds. The SMILES string of the molecule is COC(CN(CC1COCc2ccccc21)S(=O)(=O)C(F)(F)F)OC. The van der Waals surface area contributed by atoms with E-state index >= 15 is 0 Å². The van der Waals surface area contributed by atoms with Crippen molar-refractivity contribution in [3.63, 3.8) is 0 Å². The molecule has 1 aliphatic rings. The lowest BCUT2D eigenvalue weighted by Crippen LogP contribution is -2.47. The molecule has 0 saturated heterocycles. The van der Waals surface area contributed by atoms with Crippen molar-refractivity contribution in [3.05, 3.63) is 35.4 Å². The number of hydrogen-bond acceptors (Lipinski definition) is 5. The number of alkyl halides is 3. The van der Waals surface area contributed by atoms with Gasteiger partial charge in [0.15, 0.2) is 6.29 Å². The monoisotopic (exact) mass is 383 g/mol. The molecule has 0 fully saturated rings. The first kappa shape index (κ1) is 20.1. The summed E-state index contributed by atoms with van der Waals surface area (Å²) < 4.78 is 78.5. The highest BCUT2D eigenvalue weighted by molar-refractivity contribution is 7.90. The first-order valence-corrected chi connectivity index (χ1v) is 8.92. The minimum Gasteiger partial charge on any atom is -0.376 e. The minimum atomic E-state index is -5.54. The average Bonchev–Trinajstić information content (AvgIpc) is 2.57. The molecule has 10 heteroatoms. The molecule has 1 aliphatic heterocycles. The Balaban J connectivity index is 2.31. The molecule has 0 radical (unpaired) electrons. The first-order chi connectivity index (χ1) is 11.7. The van der Waals surface area contributed by atoms with E-state index in [0.717, 1.165) is 11.1 Å². The summed E-state index contributed by atoms with van der Waals surface area (Å²) in [5.41, 5.74) is -3.80. The van der Waals surface area contributed by atoms with Crippen molar-refractivity contribution in [1.82, 2.24) is 4.31 Å². The van der Waals surface area contributed by atoms with Crippen LogP contribution in [0.4, 0.5) is 13.2 Å². The number of fused-ring (bicyclic) bond motifs is 1. The van der Waals surface area contributed by atoms with E-state index in [1.807, 2.05) is 0 Å². The van der Waals surface area contributed by atoms with Crippen molar-refractivity contribution >= 4 is 10.0 Å². The Morgan fingerprint density at radius 2 is 1.92 bits per heavy atom. The molecule has 0 saturated carbocycles. The van der Waals surface area contributed by atoms with Crippen LogP contribution in [0, 0.1) is 0 Å². The lowest BCUT2D eigenvalue weighted by molar-refractivity contribution is -0.111. The molecule has 0 aromatic heterocycles. The lowest BCUT2D eigenvalue weighted by atomic mass is 9.93. The van der Waals surface area contributed by atoms with E-state index in [-0.39, 0.29) is 13.2 Å². The van der Waals surface area contributed by atoms with Gasteiger partial charge in [-0.2, -0.15) is 17.5 Å². The van der Waals surface area contributed by atoms with E-state index in [4.69, 9.17) is 14.2 Å². The molecule has 1 aromatic carbocycles. The molecule has 1 aromatic rings. The van der Waals surface area contributed by atoms with Crippen molar-refractivity contribution in [3.8, 4) is 0 Å². The molecule has 142 valence electrons. The smallest absolute Gasteiger partial charge is 0.376 e. The van der Waals surface area contributed by atoms with Gasteiger partial charge in [-0.3, -0.25) is 0 Å². The Bertz CT molecular complexity index is 676. The molecule has 25 heavy (non-hydrogen) atoms. The van der Waals surface area contributed by atoms with Gasteiger partial charge >= 0.3 is 15.5 Å². The average molecular weight is 383 g/mol. The van der Waals surface area contributed by atoms with Gasteiger partial charge in [-0.1, -0.05) is 24.3 Å². The van der Waals surface area contributed by atoms with Gasteiger partial charge in [0.25, 0.3) is 0 Å². The zero-order valence-electron chi connectivity index (χ0n) is 13.8. The van der Waals surface area contributed by atoms with Gasteiger partial charge < -0.3 is 14.2 Å². The van der Waals surface area contributed by atoms with Crippen LogP contribution < -0.4 is 0 Å². The number of rotatable bonds is 7. The normalized spacial score (nSPS) is 18.6. The molecule has 1 heterocycles. The third kappa shape index (κ3) is 4.50. The second-order valence-electron chi connectivity index (χ2n) is 5.58. The van der Waals surface area contributed by atoms with Crippen molar-refractivity contribution < 1.29 is 35.8 Å². The van der Waals surface area contributed by atoms with E-state index in [1.54, 1.807) is 24.3 Å². The zero-order valence-corrected chi connectivity index (χ0v) is 14.6. The largest absolute Gasteiger partial charge is 0.511 e. The standard InChI is InChI=1S/C15H20F3NO5S/c1-22-14(23-2)8-19(25(20,21)15(16,17)18)7-12-10-24-9-11-5-3-4-6-13(11)12/h3-6,12,14H,7-10H2,1-2H3. The number of benzene rings is 1.